The summed E-state index contributed by atoms with van der Waals surface area (Å²) in [6.07, 6.45) is 0. The number of nitrogens with one attached hydrogen (secondary N) is 1. The fraction of sp³-hybridized carbons (Fsp3) is 0.471. The third-order valence-electron chi connectivity index (χ3n) is 3.24. The lowest BCUT2D eigenvalue weighted by Gasteiger charge is -2.19. The highest BCUT2D eigenvalue weighted by molar-refractivity contribution is 5.47. The van der Waals surface area contributed by atoms with Gasteiger partial charge in [-0.3, -0.25) is 0 Å². The zero-order chi connectivity index (χ0) is 15.5. The highest BCUT2D eigenvalue weighted by Gasteiger charge is 2.12. The molecule has 0 atom stereocenters. The predicted octanol–water partition coefficient (Wildman–Crippen LogP) is 3.51. The lowest BCUT2D eigenvalue weighted by Crippen LogP contribution is -2.35. The maximum Gasteiger partial charge on any atom is 0.156 e. The second-order valence-corrected chi connectivity index (χ2v) is 6.58. The van der Waals surface area contributed by atoms with Gasteiger partial charge in [0.2, 0.25) is 0 Å². The Morgan fingerprint density at radius 2 is 2.00 bits per heavy atom. The molecule has 0 fully saturated rings. The molecule has 1 aromatic heterocycles. The molecule has 1 N–H and O–H groups in total. The van der Waals surface area contributed by atoms with Crippen molar-refractivity contribution in [2.45, 2.75) is 46.3 Å². The Kier molecular flexibility index (Phi) is 4.68. The minimum absolute atomic E-state index is 0.0808. The van der Waals surface area contributed by atoms with Gasteiger partial charge in [-0.05, 0) is 45.4 Å². The molecule has 1 heterocycles. The average molecular weight is 287 g/mol. The molecular weight excluding hydrogens is 262 g/mol. The molecule has 21 heavy (non-hydrogen) atoms. The summed E-state index contributed by atoms with van der Waals surface area (Å²) in [6, 6.07) is 10.5. The third kappa shape index (κ3) is 4.90. The molecule has 0 amide bonds. The van der Waals surface area contributed by atoms with Crippen LogP contribution in [0.15, 0.2) is 34.9 Å². The van der Waals surface area contributed by atoms with Gasteiger partial charge in [-0.15, -0.1) is 0 Å². The van der Waals surface area contributed by atoms with Crippen LogP contribution in [-0.2, 0) is 13.1 Å². The fourth-order valence-corrected chi connectivity index (χ4v) is 2.06. The zero-order valence-electron chi connectivity index (χ0n) is 13.6. The van der Waals surface area contributed by atoms with E-state index in [2.05, 4.69) is 74.4 Å². The summed E-state index contributed by atoms with van der Waals surface area (Å²) in [4.78, 5) is 2.16. The third-order valence-corrected chi connectivity index (χ3v) is 3.24. The predicted molar refractivity (Wildman–Crippen MR) is 86.4 cm³/mol. The maximum absolute atomic E-state index is 5.42. The van der Waals surface area contributed by atoms with Gasteiger partial charge in [0.15, 0.2) is 5.76 Å². The molecule has 0 radical (unpaired) electrons. The number of anilines is 1. The molecule has 0 bridgehead atoms. The molecule has 0 saturated heterocycles. The minimum Gasteiger partial charge on any atom is -0.367 e. The van der Waals surface area contributed by atoms with Gasteiger partial charge in [0, 0.05) is 30.9 Å². The van der Waals surface area contributed by atoms with Crippen LogP contribution in [0.4, 0.5) is 5.69 Å². The van der Waals surface area contributed by atoms with Gasteiger partial charge < -0.3 is 14.7 Å². The quantitative estimate of drug-likeness (QED) is 0.913. The van der Waals surface area contributed by atoms with E-state index in [4.69, 9.17) is 4.52 Å². The maximum atomic E-state index is 5.42. The van der Waals surface area contributed by atoms with Gasteiger partial charge in [-0.2, -0.15) is 0 Å². The molecule has 0 saturated carbocycles. The molecule has 2 aromatic rings. The van der Waals surface area contributed by atoms with Crippen molar-refractivity contribution in [3.8, 4) is 0 Å². The number of nitrogens with zero attached hydrogens (tertiary/aromatic N) is 2. The van der Waals surface area contributed by atoms with E-state index in [9.17, 15) is 0 Å². The van der Waals surface area contributed by atoms with Crippen LogP contribution in [0.1, 0.15) is 37.8 Å². The van der Waals surface area contributed by atoms with Crippen LogP contribution in [0.5, 0.6) is 0 Å². The molecule has 0 aliphatic rings. The Hall–Kier alpha value is -1.81. The molecule has 4 heteroatoms. The Labute approximate surface area is 127 Å². The first-order valence-corrected chi connectivity index (χ1v) is 7.31. The highest BCUT2D eigenvalue weighted by Crippen LogP contribution is 2.17. The largest absolute Gasteiger partial charge is 0.367 e. The molecular formula is C17H25N3O. The Balaban J connectivity index is 1.96. The van der Waals surface area contributed by atoms with Gasteiger partial charge >= 0.3 is 0 Å². The van der Waals surface area contributed by atoms with Crippen molar-refractivity contribution in [1.29, 1.82) is 0 Å². The van der Waals surface area contributed by atoms with E-state index in [1.165, 1.54) is 11.3 Å². The lowest BCUT2D eigenvalue weighted by molar-refractivity contribution is 0.365. The van der Waals surface area contributed by atoms with E-state index >= 15 is 0 Å². The smallest absolute Gasteiger partial charge is 0.156 e. The number of aryl methyl sites for hydroxylation is 1. The number of benzene rings is 1. The van der Waals surface area contributed by atoms with Crippen molar-refractivity contribution in [1.82, 2.24) is 10.5 Å². The first-order valence-electron chi connectivity index (χ1n) is 7.31. The minimum atomic E-state index is 0.0808. The normalized spacial score (nSPS) is 11.7. The lowest BCUT2D eigenvalue weighted by atomic mass is 10.1. The van der Waals surface area contributed by atoms with Gasteiger partial charge in [0.05, 0.1) is 12.2 Å². The Morgan fingerprint density at radius 1 is 1.24 bits per heavy atom. The van der Waals surface area contributed by atoms with Gasteiger partial charge in [-0.25, -0.2) is 0 Å². The van der Waals surface area contributed by atoms with E-state index in [1.807, 2.05) is 6.07 Å². The molecule has 0 spiro atoms. The Bertz CT molecular complexity index is 584. The van der Waals surface area contributed by atoms with Crippen LogP contribution in [-0.4, -0.2) is 17.7 Å². The SMILES string of the molecule is Cc1cccc(N(C)Cc2cc(CNC(C)(C)C)no2)c1. The first-order chi connectivity index (χ1) is 9.83. The zero-order valence-corrected chi connectivity index (χ0v) is 13.6. The van der Waals surface area contributed by atoms with Crippen molar-refractivity contribution >= 4 is 5.69 Å². The molecule has 0 aliphatic heterocycles. The summed E-state index contributed by atoms with van der Waals surface area (Å²) in [5.41, 5.74) is 3.46. The van der Waals surface area contributed by atoms with Crippen molar-refractivity contribution < 1.29 is 4.52 Å². The van der Waals surface area contributed by atoms with E-state index in [0.717, 1.165) is 18.0 Å². The summed E-state index contributed by atoms with van der Waals surface area (Å²) < 4.78 is 5.42. The second-order valence-electron chi connectivity index (χ2n) is 6.58. The first kappa shape index (κ1) is 15.6. The highest BCUT2D eigenvalue weighted by atomic mass is 16.5. The molecule has 4 nitrogen and oxygen atoms in total. The second kappa shape index (κ2) is 6.31. The number of hydrogen-bond acceptors (Lipinski definition) is 4. The van der Waals surface area contributed by atoms with Crippen LogP contribution in [0.3, 0.4) is 0 Å². The number of hydrogen-bond donors (Lipinski definition) is 1. The molecule has 0 unspecified atom stereocenters. The number of rotatable bonds is 5. The van der Waals surface area contributed by atoms with Crippen LogP contribution in [0.25, 0.3) is 0 Å². The molecule has 1 aromatic carbocycles. The Morgan fingerprint density at radius 3 is 2.67 bits per heavy atom. The summed E-state index contributed by atoms with van der Waals surface area (Å²) in [5, 5.41) is 7.53. The van der Waals surface area contributed by atoms with Crippen molar-refractivity contribution in [2.24, 2.45) is 0 Å². The summed E-state index contributed by atoms with van der Waals surface area (Å²) >= 11 is 0. The monoisotopic (exact) mass is 287 g/mol. The molecule has 2 rings (SSSR count). The van der Waals surface area contributed by atoms with Crippen LogP contribution >= 0.6 is 0 Å². The molecule has 0 aliphatic carbocycles. The fourth-order valence-electron chi connectivity index (χ4n) is 2.06. The van der Waals surface area contributed by atoms with Gasteiger partial charge in [0.25, 0.3) is 0 Å². The van der Waals surface area contributed by atoms with E-state index < -0.39 is 0 Å². The van der Waals surface area contributed by atoms with Crippen molar-refractivity contribution in [3.63, 3.8) is 0 Å². The van der Waals surface area contributed by atoms with E-state index in [1.54, 1.807) is 0 Å². The standard InChI is InChI=1S/C17H25N3O/c1-13-7-6-8-15(9-13)20(5)12-16-10-14(19-21-16)11-18-17(2,3)4/h6-10,18H,11-12H2,1-5H3. The van der Waals surface area contributed by atoms with E-state index in [0.29, 0.717) is 6.54 Å². The summed E-state index contributed by atoms with van der Waals surface area (Å²) in [6.45, 7) is 9.95. The van der Waals surface area contributed by atoms with Gasteiger partial charge in [0.1, 0.15) is 0 Å². The summed E-state index contributed by atoms with van der Waals surface area (Å²) in [7, 11) is 2.06. The van der Waals surface area contributed by atoms with Crippen LogP contribution in [0.2, 0.25) is 0 Å². The topological polar surface area (TPSA) is 41.3 Å². The molecule has 114 valence electrons. The summed E-state index contributed by atoms with van der Waals surface area (Å²) in [5.74, 6) is 0.879. The van der Waals surface area contributed by atoms with Gasteiger partial charge in [-0.1, -0.05) is 17.3 Å². The number of aromatic nitrogens is 1. The average Bonchev–Trinajstić information content (AvgIpc) is 2.83. The van der Waals surface area contributed by atoms with Crippen LogP contribution in [0, 0.1) is 6.92 Å². The van der Waals surface area contributed by atoms with E-state index in [-0.39, 0.29) is 5.54 Å². The van der Waals surface area contributed by atoms with Crippen molar-refractivity contribution in [3.05, 3.63) is 47.3 Å². The van der Waals surface area contributed by atoms with Crippen LogP contribution < -0.4 is 10.2 Å². The van der Waals surface area contributed by atoms with Crippen molar-refractivity contribution in [2.75, 3.05) is 11.9 Å².